The van der Waals surface area contributed by atoms with Gasteiger partial charge in [0.15, 0.2) is 0 Å². The van der Waals surface area contributed by atoms with Crippen molar-refractivity contribution in [3.8, 4) is 17.9 Å². The molecule has 0 spiro atoms. The third kappa shape index (κ3) is 4.95. The molecule has 0 amide bonds. The highest BCUT2D eigenvalue weighted by atomic mass is 16.5. The largest absolute Gasteiger partial charge is 0.492 e. The first kappa shape index (κ1) is 17.7. The quantitative estimate of drug-likeness (QED) is 0.829. The molecule has 6 heteroatoms. The molecule has 1 aliphatic rings. The van der Waals surface area contributed by atoms with E-state index in [1.54, 1.807) is 24.4 Å². The number of anilines is 1. The second-order valence-corrected chi connectivity index (χ2v) is 6.36. The van der Waals surface area contributed by atoms with Gasteiger partial charge < -0.3 is 10.1 Å². The lowest BCUT2D eigenvalue weighted by Gasteiger charge is -2.17. The number of likely N-dealkylation sites (tertiary alicyclic amines) is 1. The molecule has 2 heterocycles. The number of ether oxygens (including phenoxy) is 1. The first-order chi connectivity index (χ1) is 12.8. The maximum atomic E-state index is 8.79. The van der Waals surface area contributed by atoms with Crippen LogP contribution in [0.3, 0.4) is 0 Å². The molecular formula is C20H21N5O. The van der Waals surface area contributed by atoms with Gasteiger partial charge in [-0.2, -0.15) is 10.5 Å². The zero-order chi connectivity index (χ0) is 18.2. The summed E-state index contributed by atoms with van der Waals surface area (Å²) in [7, 11) is 0. The average Bonchev–Trinajstić information content (AvgIpc) is 3.15. The Kier molecular flexibility index (Phi) is 6.03. The lowest BCUT2D eigenvalue weighted by Crippen LogP contribution is -2.27. The van der Waals surface area contributed by atoms with Gasteiger partial charge in [-0.25, -0.2) is 4.98 Å². The van der Waals surface area contributed by atoms with E-state index in [9.17, 15) is 0 Å². The van der Waals surface area contributed by atoms with Crippen LogP contribution in [0.25, 0.3) is 0 Å². The van der Waals surface area contributed by atoms with Crippen LogP contribution in [0.1, 0.15) is 17.5 Å². The predicted octanol–water partition coefficient (Wildman–Crippen LogP) is 2.64. The number of pyridine rings is 1. The van der Waals surface area contributed by atoms with Crippen LogP contribution in [0.5, 0.6) is 5.75 Å². The molecule has 0 aliphatic carbocycles. The zero-order valence-electron chi connectivity index (χ0n) is 14.6. The minimum Gasteiger partial charge on any atom is -0.492 e. The summed E-state index contributed by atoms with van der Waals surface area (Å²) >= 11 is 0. The minimum atomic E-state index is 0.574. The standard InChI is InChI=1S/C20H21N5O/c21-11-16-1-4-19(5-2-16)26-10-9-25-8-7-18(15-25)14-24-20-6-3-17(12-22)13-23-20/h1-6,13,18H,7-10,14-15H2,(H,23,24). The normalized spacial score (nSPS) is 16.6. The van der Waals surface area contributed by atoms with Gasteiger partial charge in [-0.05, 0) is 55.3 Å². The molecule has 1 fully saturated rings. The summed E-state index contributed by atoms with van der Waals surface area (Å²) in [6.07, 6.45) is 2.74. The fourth-order valence-corrected chi connectivity index (χ4v) is 3.01. The fraction of sp³-hybridized carbons (Fsp3) is 0.350. The number of benzene rings is 1. The molecule has 0 radical (unpaired) electrons. The van der Waals surface area contributed by atoms with E-state index >= 15 is 0 Å². The van der Waals surface area contributed by atoms with Gasteiger partial charge in [0.2, 0.25) is 0 Å². The lowest BCUT2D eigenvalue weighted by atomic mass is 10.1. The van der Waals surface area contributed by atoms with Crippen LogP contribution in [0, 0.1) is 28.6 Å². The molecule has 132 valence electrons. The van der Waals surface area contributed by atoms with Crippen molar-refractivity contribution >= 4 is 5.82 Å². The van der Waals surface area contributed by atoms with E-state index in [0.29, 0.717) is 23.7 Å². The van der Waals surface area contributed by atoms with Gasteiger partial charge in [-0.1, -0.05) is 0 Å². The highest BCUT2D eigenvalue weighted by molar-refractivity contribution is 5.39. The second-order valence-electron chi connectivity index (χ2n) is 6.36. The van der Waals surface area contributed by atoms with E-state index in [0.717, 1.165) is 44.2 Å². The number of nitriles is 2. The van der Waals surface area contributed by atoms with Crippen LogP contribution < -0.4 is 10.1 Å². The molecule has 1 atom stereocenters. The molecule has 1 aliphatic heterocycles. The van der Waals surface area contributed by atoms with Crippen LogP contribution in [-0.4, -0.2) is 42.7 Å². The predicted molar refractivity (Wildman–Crippen MR) is 98.6 cm³/mol. The Morgan fingerprint density at radius 2 is 1.88 bits per heavy atom. The smallest absolute Gasteiger partial charge is 0.125 e. The van der Waals surface area contributed by atoms with E-state index in [1.165, 1.54) is 0 Å². The van der Waals surface area contributed by atoms with Crippen molar-refractivity contribution in [3.63, 3.8) is 0 Å². The van der Waals surface area contributed by atoms with E-state index in [4.69, 9.17) is 15.3 Å². The topological polar surface area (TPSA) is 85.0 Å². The van der Waals surface area contributed by atoms with Crippen molar-refractivity contribution in [1.29, 1.82) is 10.5 Å². The maximum Gasteiger partial charge on any atom is 0.125 e. The molecule has 1 aromatic heterocycles. The molecule has 1 N–H and O–H groups in total. The molecule has 6 nitrogen and oxygen atoms in total. The Morgan fingerprint density at radius 1 is 1.12 bits per heavy atom. The average molecular weight is 347 g/mol. The molecular weight excluding hydrogens is 326 g/mol. The maximum absolute atomic E-state index is 8.79. The molecule has 0 saturated carbocycles. The van der Waals surface area contributed by atoms with Gasteiger partial charge in [-0.3, -0.25) is 4.90 Å². The highest BCUT2D eigenvalue weighted by Gasteiger charge is 2.22. The van der Waals surface area contributed by atoms with Crippen molar-refractivity contribution in [2.24, 2.45) is 5.92 Å². The van der Waals surface area contributed by atoms with Gasteiger partial charge in [0.05, 0.1) is 17.2 Å². The number of nitrogens with zero attached hydrogens (tertiary/aromatic N) is 4. The van der Waals surface area contributed by atoms with Crippen LogP contribution in [0.4, 0.5) is 5.82 Å². The third-order valence-corrected chi connectivity index (χ3v) is 4.49. The molecule has 1 saturated heterocycles. The summed E-state index contributed by atoms with van der Waals surface area (Å²) in [5, 5.41) is 20.9. The van der Waals surface area contributed by atoms with Gasteiger partial charge in [0.1, 0.15) is 24.2 Å². The zero-order valence-corrected chi connectivity index (χ0v) is 14.6. The van der Waals surface area contributed by atoms with E-state index in [-0.39, 0.29) is 0 Å². The lowest BCUT2D eigenvalue weighted by molar-refractivity contribution is 0.233. The van der Waals surface area contributed by atoms with Gasteiger partial charge >= 0.3 is 0 Å². The fourth-order valence-electron chi connectivity index (χ4n) is 3.01. The van der Waals surface area contributed by atoms with Crippen LogP contribution in [0.2, 0.25) is 0 Å². The molecule has 1 aromatic carbocycles. The SMILES string of the molecule is N#Cc1ccc(OCCN2CCC(CNc3ccc(C#N)cn3)C2)cc1. The summed E-state index contributed by atoms with van der Waals surface area (Å²) in [6, 6.07) is 15.0. The molecule has 1 unspecified atom stereocenters. The number of hydrogen-bond donors (Lipinski definition) is 1. The number of rotatable bonds is 7. The Morgan fingerprint density at radius 3 is 2.58 bits per heavy atom. The Hall–Kier alpha value is -3.09. The van der Waals surface area contributed by atoms with E-state index in [2.05, 4.69) is 27.3 Å². The van der Waals surface area contributed by atoms with Crippen molar-refractivity contribution in [3.05, 3.63) is 53.7 Å². The Bertz CT molecular complexity index is 789. The summed E-state index contributed by atoms with van der Waals surface area (Å²) in [6.45, 7) is 4.53. The summed E-state index contributed by atoms with van der Waals surface area (Å²) in [4.78, 5) is 6.64. The highest BCUT2D eigenvalue weighted by Crippen LogP contribution is 2.17. The minimum absolute atomic E-state index is 0.574. The van der Waals surface area contributed by atoms with Crippen molar-refractivity contribution < 1.29 is 4.74 Å². The Balaban J connectivity index is 1.35. The van der Waals surface area contributed by atoms with Crippen molar-refractivity contribution in [2.75, 3.05) is 38.1 Å². The van der Waals surface area contributed by atoms with Crippen LogP contribution in [0.15, 0.2) is 42.6 Å². The van der Waals surface area contributed by atoms with Crippen molar-refractivity contribution in [1.82, 2.24) is 9.88 Å². The van der Waals surface area contributed by atoms with Crippen LogP contribution in [-0.2, 0) is 0 Å². The molecule has 2 aromatic rings. The van der Waals surface area contributed by atoms with Crippen LogP contribution >= 0.6 is 0 Å². The van der Waals surface area contributed by atoms with Gasteiger partial charge in [0.25, 0.3) is 0 Å². The first-order valence-electron chi connectivity index (χ1n) is 8.72. The monoisotopic (exact) mass is 347 g/mol. The van der Waals surface area contributed by atoms with E-state index in [1.807, 2.05) is 18.2 Å². The van der Waals surface area contributed by atoms with Gasteiger partial charge in [0, 0.05) is 25.8 Å². The first-order valence-corrected chi connectivity index (χ1v) is 8.72. The second kappa shape index (κ2) is 8.84. The van der Waals surface area contributed by atoms with Crippen molar-refractivity contribution in [2.45, 2.75) is 6.42 Å². The Labute approximate surface area is 153 Å². The number of nitrogens with one attached hydrogen (secondary N) is 1. The summed E-state index contributed by atoms with van der Waals surface area (Å²) in [5.41, 5.74) is 1.22. The molecule has 26 heavy (non-hydrogen) atoms. The van der Waals surface area contributed by atoms with E-state index < -0.39 is 0 Å². The summed E-state index contributed by atoms with van der Waals surface area (Å²) < 4.78 is 5.75. The van der Waals surface area contributed by atoms with Gasteiger partial charge in [-0.15, -0.1) is 0 Å². The molecule has 0 bridgehead atoms. The number of aromatic nitrogens is 1. The summed E-state index contributed by atoms with van der Waals surface area (Å²) in [5.74, 6) is 2.20. The molecule has 3 rings (SSSR count). The number of hydrogen-bond acceptors (Lipinski definition) is 6. The third-order valence-electron chi connectivity index (χ3n) is 4.49.